The van der Waals surface area contributed by atoms with Crippen molar-refractivity contribution in [2.45, 2.75) is 39.4 Å². The Morgan fingerprint density at radius 3 is 2.81 bits per heavy atom. The molecule has 0 N–H and O–H groups in total. The maximum atomic E-state index is 13.4. The normalized spacial score (nSPS) is 21.5. The molecule has 4 heterocycles. The SMILES string of the molecule is Cc1cc(C(=O)N2Cc3ccnn3CCC2CN2CCOCC2)c(C)o1. The van der Waals surface area contributed by atoms with Gasteiger partial charge < -0.3 is 14.1 Å². The van der Waals surface area contributed by atoms with Crippen LogP contribution in [0, 0.1) is 13.8 Å². The lowest BCUT2D eigenvalue weighted by Crippen LogP contribution is -2.48. The zero-order chi connectivity index (χ0) is 18.1. The average molecular weight is 358 g/mol. The minimum absolute atomic E-state index is 0.0484. The Balaban J connectivity index is 1.60. The predicted molar refractivity (Wildman–Crippen MR) is 95.9 cm³/mol. The lowest BCUT2D eigenvalue weighted by Gasteiger charge is -2.35. The summed E-state index contributed by atoms with van der Waals surface area (Å²) in [6, 6.07) is 4.01. The van der Waals surface area contributed by atoms with Crippen LogP contribution in [0.15, 0.2) is 22.7 Å². The van der Waals surface area contributed by atoms with Crippen LogP contribution in [0.3, 0.4) is 0 Å². The van der Waals surface area contributed by atoms with Gasteiger partial charge in [-0.1, -0.05) is 0 Å². The molecule has 1 atom stereocenters. The van der Waals surface area contributed by atoms with Crippen LogP contribution in [-0.4, -0.2) is 64.4 Å². The minimum Gasteiger partial charge on any atom is -0.466 e. The zero-order valence-electron chi connectivity index (χ0n) is 15.5. The van der Waals surface area contributed by atoms with E-state index in [2.05, 4.69) is 10.00 Å². The van der Waals surface area contributed by atoms with Crippen molar-refractivity contribution >= 4 is 5.91 Å². The van der Waals surface area contributed by atoms with Crippen molar-refractivity contribution in [3.8, 4) is 0 Å². The molecule has 1 unspecified atom stereocenters. The number of aromatic nitrogens is 2. The fourth-order valence-corrected chi connectivity index (χ4v) is 3.93. The van der Waals surface area contributed by atoms with Crippen LogP contribution in [0.2, 0.25) is 0 Å². The van der Waals surface area contributed by atoms with E-state index in [0.717, 1.165) is 57.3 Å². The molecule has 0 radical (unpaired) electrons. The molecule has 0 aromatic carbocycles. The molecular formula is C19H26N4O3. The summed E-state index contributed by atoms with van der Waals surface area (Å²) in [6.07, 6.45) is 2.71. The quantitative estimate of drug-likeness (QED) is 0.838. The number of carbonyl (C=O) groups is 1. The Bertz CT molecular complexity index is 776. The van der Waals surface area contributed by atoms with Crippen LogP contribution in [0.5, 0.6) is 0 Å². The molecule has 1 fully saturated rings. The molecule has 1 amide bonds. The van der Waals surface area contributed by atoms with E-state index in [0.29, 0.717) is 17.9 Å². The summed E-state index contributed by atoms with van der Waals surface area (Å²) in [4.78, 5) is 17.8. The summed E-state index contributed by atoms with van der Waals surface area (Å²) in [5, 5.41) is 4.41. The van der Waals surface area contributed by atoms with Gasteiger partial charge in [-0.3, -0.25) is 14.4 Å². The molecule has 140 valence electrons. The van der Waals surface area contributed by atoms with E-state index in [1.165, 1.54) is 0 Å². The second-order valence-corrected chi connectivity index (χ2v) is 7.16. The molecule has 2 aliphatic rings. The van der Waals surface area contributed by atoms with E-state index in [-0.39, 0.29) is 11.9 Å². The minimum atomic E-state index is 0.0484. The van der Waals surface area contributed by atoms with Gasteiger partial charge in [0.05, 0.1) is 31.0 Å². The molecule has 0 bridgehead atoms. The molecule has 2 aliphatic heterocycles. The summed E-state index contributed by atoms with van der Waals surface area (Å²) in [5.74, 6) is 1.51. The van der Waals surface area contributed by atoms with E-state index >= 15 is 0 Å². The first-order valence-electron chi connectivity index (χ1n) is 9.30. The number of hydrogen-bond acceptors (Lipinski definition) is 5. The lowest BCUT2D eigenvalue weighted by atomic mass is 10.1. The smallest absolute Gasteiger partial charge is 0.258 e. The third kappa shape index (κ3) is 3.41. The molecule has 26 heavy (non-hydrogen) atoms. The second-order valence-electron chi connectivity index (χ2n) is 7.16. The predicted octanol–water partition coefficient (Wildman–Crippen LogP) is 1.84. The van der Waals surface area contributed by atoms with Crippen molar-refractivity contribution in [3.63, 3.8) is 0 Å². The highest BCUT2D eigenvalue weighted by Crippen LogP contribution is 2.24. The average Bonchev–Trinajstić information content (AvgIpc) is 3.18. The van der Waals surface area contributed by atoms with Crippen LogP contribution in [0.4, 0.5) is 0 Å². The third-order valence-corrected chi connectivity index (χ3v) is 5.36. The highest BCUT2D eigenvalue weighted by molar-refractivity contribution is 5.95. The van der Waals surface area contributed by atoms with Crippen molar-refractivity contribution in [3.05, 3.63) is 41.1 Å². The zero-order valence-corrected chi connectivity index (χ0v) is 15.5. The van der Waals surface area contributed by atoms with Crippen LogP contribution in [0.1, 0.15) is 34.0 Å². The first kappa shape index (κ1) is 17.3. The molecule has 2 aromatic heterocycles. The fourth-order valence-electron chi connectivity index (χ4n) is 3.93. The van der Waals surface area contributed by atoms with Gasteiger partial charge in [-0.25, -0.2) is 0 Å². The monoisotopic (exact) mass is 358 g/mol. The molecule has 7 heteroatoms. The van der Waals surface area contributed by atoms with Gasteiger partial charge in [-0.05, 0) is 32.4 Å². The van der Waals surface area contributed by atoms with Crippen molar-refractivity contribution in [2.75, 3.05) is 32.8 Å². The first-order valence-corrected chi connectivity index (χ1v) is 9.30. The molecular weight excluding hydrogens is 332 g/mol. The Kier molecular flexibility index (Phi) is 4.82. The van der Waals surface area contributed by atoms with Gasteiger partial charge in [0.25, 0.3) is 5.91 Å². The molecule has 7 nitrogen and oxygen atoms in total. The number of aryl methyl sites for hydroxylation is 3. The van der Waals surface area contributed by atoms with E-state index in [9.17, 15) is 4.79 Å². The molecule has 1 saturated heterocycles. The number of fused-ring (bicyclic) bond motifs is 1. The molecule has 2 aromatic rings. The number of ether oxygens (including phenoxy) is 1. The summed E-state index contributed by atoms with van der Waals surface area (Å²) in [5.41, 5.74) is 1.75. The van der Waals surface area contributed by atoms with Crippen LogP contribution >= 0.6 is 0 Å². The van der Waals surface area contributed by atoms with Crippen LogP contribution < -0.4 is 0 Å². The highest BCUT2D eigenvalue weighted by Gasteiger charge is 2.32. The van der Waals surface area contributed by atoms with E-state index in [1.54, 1.807) is 0 Å². The summed E-state index contributed by atoms with van der Waals surface area (Å²) >= 11 is 0. The van der Waals surface area contributed by atoms with Gasteiger partial charge in [0.15, 0.2) is 0 Å². The molecule has 0 spiro atoms. The number of amides is 1. The number of hydrogen-bond donors (Lipinski definition) is 0. The van der Waals surface area contributed by atoms with Gasteiger partial charge in [-0.15, -0.1) is 0 Å². The first-order chi connectivity index (χ1) is 12.6. The van der Waals surface area contributed by atoms with E-state index < -0.39 is 0 Å². The van der Waals surface area contributed by atoms with Crippen molar-refractivity contribution in [1.29, 1.82) is 0 Å². The third-order valence-electron chi connectivity index (χ3n) is 5.36. The number of carbonyl (C=O) groups excluding carboxylic acids is 1. The van der Waals surface area contributed by atoms with Crippen molar-refractivity contribution < 1.29 is 13.9 Å². The largest absolute Gasteiger partial charge is 0.466 e. The van der Waals surface area contributed by atoms with Gasteiger partial charge in [0.2, 0.25) is 0 Å². The van der Waals surface area contributed by atoms with Gasteiger partial charge in [0.1, 0.15) is 11.5 Å². The Morgan fingerprint density at radius 1 is 1.27 bits per heavy atom. The summed E-state index contributed by atoms with van der Waals surface area (Å²) in [6.45, 7) is 9.41. The summed E-state index contributed by atoms with van der Waals surface area (Å²) < 4.78 is 13.1. The summed E-state index contributed by atoms with van der Waals surface area (Å²) in [7, 11) is 0. The second kappa shape index (κ2) is 7.25. The standard InChI is InChI=1S/C19H26N4O3/c1-14-11-18(15(2)26-14)19(24)22-13-17-3-5-20-23(17)6-4-16(22)12-21-7-9-25-10-8-21/h3,5,11,16H,4,6-10,12-13H2,1-2H3. The number of nitrogens with zero attached hydrogens (tertiary/aromatic N) is 4. The topological polar surface area (TPSA) is 63.7 Å². The lowest BCUT2D eigenvalue weighted by molar-refractivity contribution is 0.0202. The molecule has 0 saturated carbocycles. The highest BCUT2D eigenvalue weighted by atomic mass is 16.5. The molecule has 0 aliphatic carbocycles. The van der Waals surface area contributed by atoms with Crippen molar-refractivity contribution in [1.82, 2.24) is 19.6 Å². The maximum absolute atomic E-state index is 13.4. The van der Waals surface area contributed by atoms with Gasteiger partial charge in [-0.2, -0.15) is 5.10 Å². The Labute approximate surface area is 153 Å². The number of furan rings is 1. The Hall–Kier alpha value is -2.12. The Morgan fingerprint density at radius 2 is 2.08 bits per heavy atom. The van der Waals surface area contributed by atoms with E-state index in [1.807, 2.05) is 41.8 Å². The van der Waals surface area contributed by atoms with Crippen LogP contribution in [-0.2, 0) is 17.8 Å². The van der Waals surface area contributed by atoms with Crippen LogP contribution in [0.25, 0.3) is 0 Å². The number of morpholine rings is 1. The number of rotatable bonds is 3. The van der Waals surface area contributed by atoms with E-state index in [4.69, 9.17) is 9.15 Å². The van der Waals surface area contributed by atoms with Gasteiger partial charge in [0, 0.05) is 38.4 Å². The maximum Gasteiger partial charge on any atom is 0.258 e. The molecule has 4 rings (SSSR count). The van der Waals surface area contributed by atoms with Crippen molar-refractivity contribution in [2.24, 2.45) is 0 Å². The van der Waals surface area contributed by atoms with Gasteiger partial charge >= 0.3 is 0 Å². The fraction of sp³-hybridized carbons (Fsp3) is 0.579.